The molecule has 0 radical (unpaired) electrons. The first-order chi connectivity index (χ1) is 10.1. The van der Waals surface area contributed by atoms with Crippen LogP contribution in [0.3, 0.4) is 0 Å². The topological polar surface area (TPSA) is 25.0 Å². The fourth-order valence-corrected chi connectivity index (χ4v) is 2.60. The van der Waals surface area contributed by atoms with E-state index >= 15 is 0 Å². The van der Waals surface area contributed by atoms with Gasteiger partial charge in [-0.15, -0.1) is 0 Å². The smallest absolute Gasteiger partial charge is 0.143 e. The predicted octanol–water partition coefficient (Wildman–Crippen LogP) is 5.04. The maximum Gasteiger partial charge on any atom is 0.143 e. The Kier molecular flexibility index (Phi) is 3.46. The maximum absolute atomic E-state index is 6.00. The van der Waals surface area contributed by atoms with Gasteiger partial charge >= 0.3 is 0 Å². The van der Waals surface area contributed by atoms with Gasteiger partial charge < -0.3 is 9.72 Å². The molecule has 0 saturated carbocycles. The molecule has 0 unspecified atom stereocenters. The minimum absolute atomic E-state index is 0.121. The lowest BCUT2D eigenvalue weighted by molar-refractivity contribution is 0.309. The fraction of sp³-hybridized carbons (Fsp3) is 0.263. The molecule has 0 aliphatic carbocycles. The summed E-state index contributed by atoms with van der Waals surface area (Å²) in [6.07, 6.45) is 2.10. The van der Waals surface area contributed by atoms with Crippen molar-refractivity contribution in [2.45, 2.75) is 32.8 Å². The number of fused-ring (bicyclic) bond motifs is 1. The van der Waals surface area contributed by atoms with E-state index in [0.717, 1.165) is 11.3 Å². The van der Waals surface area contributed by atoms with Crippen LogP contribution in [0.5, 0.6) is 5.75 Å². The van der Waals surface area contributed by atoms with Crippen molar-refractivity contribution in [1.82, 2.24) is 4.98 Å². The Hall–Kier alpha value is -2.22. The molecular weight excluding hydrogens is 258 g/mol. The molecule has 3 rings (SSSR count). The molecule has 2 aromatic carbocycles. The Morgan fingerprint density at radius 3 is 2.43 bits per heavy atom. The normalized spacial score (nSPS) is 11.8. The summed E-state index contributed by atoms with van der Waals surface area (Å²) >= 11 is 0. The van der Waals surface area contributed by atoms with Gasteiger partial charge in [0, 0.05) is 11.6 Å². The first kappa shape index (κ1) is 13.7. The molecular formula is C19H21NO. The Morgan fingerprint density at radius 2 is 1.71 bits per heavy atom. The lowest BCUT2D eigenvalue weighted by Gasteiger charge is -2.17. The Bertz CT molecular complexity index is 735. The van der Waals surface area contributed by atoms with Crippen LogP contribution in [-0.4, -0.2) is 4.98 Å². The van der Waals surface area contributed by atoms with Crippen molar-refractivity contribution in [2.24, 2.45) is 0 Å². The van der Waals surface area contributed by atoms with Crippen LogP contribution in [0.25, 0.3) is 10.9 Å². The third kappa shape index (κ3) is 2.80. The van der Waals surface area contributed by atoms with Gasteiger partial charge in [0.15, 0.2) is 0 Å². The molecule has 1 N–H and O–H groups in total. The molecule has 2 nitrogen and oxygen atoms in total. The highest BCUT2D eigenvalue weighted by molar-refractivity contribution is 5.89. The lowest BCUT2D eigenvalue weighted by Crippen LogP contribution is -2.09. The number of hydrogen-bond acceptors (Lipinski definition) is 1. The SMILES string of the molecule is CC(C)(C)c1c[nH]c2c(OCc3ccccc3)cccc12. The standard InChI is InChI=1S/C19H21NO/c1-19(2,3)16-12-20-18-15(16)10-7-11-17(18)21-13-14-8-5-4-6-9-14/h4-12,20H,13H2,1-3H3. The van der Waals surface area contributed by atoms with Gasteiger partial charge in [-0.2, -0.15) is 0 Å². The Labute approximate surface area is 125 Å². The number of benzene rings is 2. The fourth-order valence-electron chi connectivity index (χ4n) is 2.60. The van der Waals surface area contributed by atoms with Crippen molar-refractivity contribution in [3.8, 4) is 5.75 Å². The van der Waals surface area contributed by atoms with Crippen molar-refractivity contribution in [3.05, 3.63) is 65.9 Å². The molecule has 0 atom stereocenters. The van der Waals surface area contributed by atoms with Crippen LogP contribution in [0.15, 0.2) is 54.7 Å². The number of hydrogen-bond donors (Lipinski definition) is 1. The second kappa shape index (κ2) is 5.28. The molecule has 3 aromatic rings. The summed E-state index contributed by atoms with van der Waals surface area (Å²) in [6, 6.07) is 16.5. The molecule has 0 saturated heterocycles. The number of para-hydroxylation sites is 1. The first-order valence-corrected chi connectivity index (χ1v) is 7.33. The van der Waals surface area contributed by atoms with Gasteiger partial charge in [0.25, 0.3) is 0 Å². The number of aromatic amines is 1. The third-order valence-electron chi connectivity index (χ3n) is 3.72. The van der Waals surface area contributed by atoms with E-state index in [9.17, 15) is 0 Å². The van der Waals surface area contributed by atoms with Crippen LogP contribution in [0.1, 0.15) is 31.9 Å². The summed E-state index contributed by atoms with van der Waals surface area (Å²) in [7, 11) is 0. The molecule has 0 amide bonds. The summed E-state index contributed by atoms with van der Waals surface area (Å²) in [5.41, 5.74) is 3.70. The lowest BCUT2D eigenvalue weighted by atomic mass is 9.87. The van der Waals surface area contributed by atoms with E-state index in [0.29, 0.717) is 6.61 Å². The quantitative estimate of drug-likeness (QED) is 0.713. The molecule has 0 fully saturated rings. The molecule has 21 heavy (non-hydrogen) atoms. The van der Waals surface area contributed by atoms with Gasteiger partial charge in [-0.1, -0.05) is 63.2 Å². The first-order valence-electron chi connectivity index (χ1n) is 7.33. The van der Waals surface area contributed by atoms with Gasteiger partial charge in [-0.05, 0) is 22.6 Å². The summed E-state index contributed by atoms with van der Waals surface area (Å²) in [4.78, 5) is 3.37. The van der Waals surface area contributed by atoms with Crippen molar-refractivity contribution in [3.63, 3.8) is 0 Å². The van der Waals surface area contributed by atoms with Gasteiger partial charge in [-0.25, -0.2) is 0 Å². The second-order valence-electron chi connectivity index (χ2n) is 6.41. The number of nitrogens with one attached hydrogen (secondary N) is 1. The zero-order valence-electron chi connectivity index (χ0n) is 12.8. The van der Waals surface area contributed by atoms with Crippen LogP contribution < -0.4 is 4.74 Å². The second-order valence-corrected chi connectivity index (χ2v) is 6.41. The highest BCUT2D eigenvalue weighted by Gasteiger charge is 2.19. The average molecular weight is 279 g/mol. The highest BCUT2D eigenvalue weighted by atomic mass is 16.5. The highest BCUT2D eigenvalue weighted by Crippen LogP contribution is 2.34. The van der Waals surface area contributed by atoms with E-state index in [2.05, 4.69) is 56.2 Å². The molecule has 0 spiro atoms. The third-order valence-corrected chi connectivity index (χ3v) is 3.72. The molecule has 1 aromatic heterocycles. The number of rotatable bonds is 3. The van der Waals surface area contributed by atoms with Crippen LogP contribution in [-0.2, 0) is 12.0 Å². The zero-order chi connectivity index (χ0) is 14.9. The number of ether oxygens (including phenoxy) is 1. The molecule has 2 heteroatoms. The van der Waals surface area contributed by atoms with Crippen LogP contribution in [0.4, 0.5) is 0 Å². The minimum atomic E-state index is 0.121. The van der Waals surface area contributed by atoms with Crippen LogP contribution in [0.2, 0.25) is 0 Å². The zero-order valence-corrected chi connectivity index (χ0v) is 12.8. The van der Waals surface area contributed by atoms with Gasteiger partial charge in [0.2, 0.25) is 0 Å². The average Bonchev–Trinajstić information content (AvgIpc) is 2.90. The van der Waals surface area contributed by atoms with Gasteiger partial charge in [0.05, 0.1) is 5.52 Å². The van der Waals surface area contributed by atoms with Gasteiger partial charge in [-0.3, -0.25) is 0 Å². The van der Waals surface area contributed by atoms with Crippen LogP contribution in [0, 0.1) is 0 Å². The van der Waals surface area contributed by atoms with E-state index in [-0.39, 0.29) is 5.41 Å². The van der Waals surface area contributed by atoms with Crippen molar-refractivity contribution >= 4 is 10.9 Å². The van der Waals surface area contributed by atoms with E-state index in [1.165, 1.54) is 16.5 Å². The van der Waals surface area contributed by atoms with Crippen LogP contribution >= 0.6 is 0 Å². The van der Waals surface area contributed by atoms with E-state index < -0.39 is 0 Å². The maximum atomic E-state index is 6.00. The molecule has 1 heterocycles. The van der Waals surface area contributed by atoms with Crippen molar-refractivity contribution in [1.29, 1.82) is 0 Å². The van der Waals surface area contributed by atoms with E-state index in [4.69, 9.17) is 4.74 Å². The van der Waals surface area contributed by atoms with Gasteiger partial charge in [0.1, 0.15) is 12.4 Å². The molecule has 0 bridgehead atoms. The predicted molar refractivity (Wildman–Crippen MR) is 87.8 cm³/mol. The summed E-state index contributed by atoms with van der Waals surface area (Å²) in [5.74, 6) is 0.909. The summed E-state index contributed by atoms with van der Waals surface area (Å²) < 4.78 is 6.00. The number of H-pyrrole nitrogens is 1. The summed E-state index contributed by atoms with van der Waals surface area (Å²) in [5, 5.41) is 1.24. The summed E-state index contributed by atoms with van der Waals surface area (Å²) in [6.45, 7) is 7.27. The minimum Gasteiger partial charge on any atom is -0.487 e. The van der Waals surface area contributed by atoms with E-state index in [1.807, 2.05) is 24.3 Å². The Morgan fingerprint density at radius 1 is 0.952 bits per heavy atom. The largest absolute Gasteiger partial charge is 0.487 e. The molecule has 108 valence electrons. The van der Waals surface area contributed by atoms with Crippen molar-refractivity contribution < 1.29 is 4.74 Å². The number of aromatic nitrogens is 1. The Balaban J connectivity index is 1.91. The molecule has 0 aliphatic rings. The van der Waals surface area contributed by atoms with E-state index in [1.54, 1.807) is 0 Å². The molecule has 0 aliphatic heterocycles. The van der Waals surface area contributed by atoms with Crippen molar-refractivity contribution in [2.75, 3.05) is 0 Å². The monoisotopic (exact) mass is 279 g/mol.